The number of hydrogen-bond acceptors (Lipinski definition) is 2. The number of allylic oxidation sites excluding steroid dienone is 4. The molecular weight excluding hydrogens is 208 g/mol. The Hall–Kier alpha value is -2.09. The van der Waals surface area contributed by atoms with Crippen LogP contribution in [0, 0.1) is 0 Å². The van der Waals surface area contributed by atoms with Gasteiger partial charge in [0, 0.05) is 29.7 Å². The van der Waals surface area contributed by atoms with Crippen LogP contribution in [0.2, 0.25) is 0 Å². The van der Waals surface area contributed by atoms with E-state index in [2.05, 4.69) is 53.5 Å². The quantitative estimate of drug-likeness (QED) is 0.706. The summed E-state index contributed by atoms with van der Waals surface area (Å²) in [6, 6.07) is 8.22. The van der Waals surface area contributed by atoms with Gasteiger partial charge in [0.25, 0.3) is 0 Å². The molecule has 0 amide bonds. The standard InChI is InChI=1S/C15H14N2/c1-2-17-9-7-12(8-10-17)15-11-13-5-3-4-6-14(13)16-15/h3-11H,2H2,1H3. The molecule has 0 atom stereocenters. The summed E-state index contributed by atoms with van der Waals surface area (Å²) in [5.74, 6) is 0. The topological polar surface area (TPSA) is 15.6 Å². The monoisotopic (exact) mass is 222 g/mol. The molecule has 0 spiro atoms. The molecule has 0 bridgehead atoms. The van der Waals surface area contributed by atoms with Crippen molar-refractivity contribution in [3.63, 3.8) is 0 Å². The minimum atomic E-state index is 0.997. The Kier molecular flexibility index (Phi) is 2.41. The van der Waals surface area contributed by atoms with Gasteiger partial charge < -0.3 is 4.90 Å². The number of hydrogen-bond donors (Lipinski definition) is 0. The Labute approximate surface area is 101 Å². The molecule has 2 aliphatic rings. The number of rotatable bonds is 1. The van der Waals surface area contributed by atoms with Gasteiger partial charge in [0.05, 0.1) is 11.1 Å². The Morgan fingerprint density at radius 1 is 1.12 bits per heavy atom. The van der Waals surface area contributed by atoms with Crippen molar-refractivity contribution in [3.8, 4) is 0 Å². The van der Waals surface area contributed by atoms with Crippen LogP contribution in [0.3, 0.4) is 0 Å². The predicted octanol–water partition coefficient (Wildman–Crippen LogP) is 1.72. The maximum absolute atomic E-state index is 4.63. The second kappa shape index (κ2) is 4.06. The van der Waals surface area contributed by atoms with Gasteiger partial charge >= 0.3 is 0 Å². The number of para-hydroxylation sites is 1. The first-order valence-corrected chi connectivity index (χ1v) is 5.89. The second-order valence-corrected chi connectivity index (χ2v) is 4.12. The summed E-state index contributed by atoms with van der Waals surface area (Å²) in [5, 5.41) is 2.27. The molecule has 0 unspecified atom stereocenters. The Morgan fingerprint density at radius 2 is 1.88 bits per heavy atom. The minimum absolute atomic E-state index is 0.997. The largest absolute Gasteiger partial charge is 0.354 e. The molecule has 0 saturated heterocycles. The smallest absolute Gasteiger partial charge is 0.0717 e. The molecule has 0 aromatic heterocycles. The lowest BCUT2D eigenvalue weighted by Gasteiger charge is -2.16. The molecule has 1 aromatic carbocycles. The van der Waals surface area contributed by atoms with E-state index in [1.54, 1.807) is 0 Å². The van der Waals surface area contributed by atoms with Crippen molar-refractivity contribution < 1.29 is 0 Å². The van der Waals surface area contributed by atoms with Crippen molar-refractivity contribution in [2.75, 3.05) is 6.54 Å². The second-order valence-electron chi connectivity index (χ2n) is 4.12. The van der Waals surface area contributed by atoms with Crippen LogP contribution in [0.4, 0.5) is 0 Å². The normalized spacial score (nSPS) is 16.9. The van der Waals surface area contributed by atoms with Crippen molar-refractivity contribution in [3.05, 3.63) is 70.7 Å². The first-order chi connectivity index (χ1) is 8.36. The summed E-state index contributed by atoms with van der Waals surface area (Å²) < 4.78 is 0. The third-order valence-corrected chi connectivity index (χ3v) is 3.02. The zero-order valence-corrected chi connectivity index (χ0v) is 9.80. The molecule has 2 heteroatoms. The summed E-state index contributed by atoms with van der Waals surface area (Å²) in [4.78, 5) is 6.77. The van der Waals surface area contributed by atoms with Gasteiger partial charge in [0.2, 0.25) is 0 Å². The number of nitrogens with zero attached hydrogens (tertiary/aromatic N) is 2. The average Bonchev–Trinajstić information content (AvgIpc) is 2.82. The SMILES string of the molecule is CCN1C=CC(=C2C=c3ccccc3=N2)C=C1. The van der Waals surface area contributed by atoms with E-state index in [9.17, 15) is 0 Å². The fourth-order valence-electron chi connectivity index (χ4n) is 2.01. The van der Waals surface area contributed by atoms with Gasteiger partial charge in [-0.3, -0.25) is 0 Å². The molecule has 0 fully saturated rings. The molecule has 0 radical (unpaired) electrons. The fourth-order valence-corrected chi connectivity index (χ4v) is 2.01. The maximum atomic E-state index is 4.63. The van der Waals surface area contributed by atoms with E-state index in [-0.39, 0.29) is 0 Å². The molecule has 1 aromatic rings. The molecule has 0 saturated carbocycles. The molecule has 0 N–H and O–H groups in total. The number of benzene rings is 1. The van der Waals surface area contributed by atoms with Crippen molar-refractivity contribution in [1.82, 2.24) is 4.90 Å². The van der Waals surface area contributed by atoms with Crippen molar-refractivity contribution >= 4 is 6.08 Å². The van der Waals surface area contributed by atoms with Crippen LogP contribution in [0.5, 0.6) is 0 Å². The van der Waals surface area contributed by atoms with Gasteiger partial charge in [-0.05, 0) is 31.2 Å². The lowest BCUT2D eigenvalue weighted by atomic mass is 10.1. The van der Waals surface area contributed by atoms with Crippen LogP contribution in [0.15, 0.2) is 65.1 Å². The minimum Gasteiger partial charge on any atom is -0.354 e. The maximum Gasteiger partial charge on any atom is 0.0717 e. The lowest BCUT2D eigenvalue weighted by molar-refractivity contribution is 0.532. The van der Waals surface area contributed by atoms with Crippen molar-refractivity contribution in [2.45, 2.75) is 6.92 Å². The highest BCUT2D eigenvalue weighted by atomic mass is 15.1. The van der Waals surface area contributed by atoms with Gasteiger partial charge in [0.15, 0.2) is 0 Å². The van der Waals surface area contributed by atoms with Crippen LogP contribution in [-0.2, 0) is 0 Å². The van der Waals surface area contributed by atoms with Crippen LogP contribution in [-0.4, -0.2) is 11.4 Å². The highest BCUT2D eigenvalue weighted by Crippen LogP contribution is 2.16. The summed E-state index contributed by atoms with van der Waals surface area (Å²) >= 11 is 0. The zero-order valence-electron chi connectivity index (χ0n) is 9.80. The van der Waals surface area contributed by atoms with E-state index in [4.69, 9.17) is 0 Å². The molecular formula is C15H14N2. The predicted molar refractivity (Wildman–Crippen MR) is 69.4 cm³/mol. The molecule has 84 valence electrons. The highest BCUT2D eigenvalue weighted by molar-refractivity contribution is 5.57. The molecule has 2 heterocycles. The van der Waals surface area contributed by atoms with E-state index in [0.717, 1.165) is 17.6 Å². The van der Waals surface area contributed by atoms with Crippen LogP contribution >= 0.6 is 0 Å². The van der Waals surface area contributed by atoms with Gasteiger partial charge in [-0.2, -0.15) is 0 Å². The average molecular weight is 222 g/mol. The van der Waals surface area contributed by atoms with Crippen molar-refractivity contribution in [2.24, 2.45) is 4.99 Å². The molecule has 17 heavy (non-hydrogen) atoms. The van der Waals surface area contributed by atoms with Gasteiger partial charge in [-0.1, -0.05) is 18.2 Å². The first-order valence-electron chi connectivity index (χ1n) is 5.89. The van der Waals surface area contributed by atoms with Gasteiger partial charge in [-0.25, -0.2) is 4.99 Å². The third kappa shape index (κ3) is 1.82. The molecule has 2 aliphatic heterocycles. The highest BCUT2D eigenvalue weighted by Gasteiger charge is 2.06. The van der Waals surface area contributed by atoms with Crippen molar-refractivity contribution in [1.29, 1.82) is 0 Å². The fraction of sp³-hybridized carbons (Fsp3) is 0.133. The summed E-state index contributed by atoms with van der Waals surface area (Å²) in [6.45, 7) is 3.13. The van der Waals surface area contributed by atoms with Gasteiger partial charge in [-0.15, -0.1) is 0 Å². The summed E-state index contributed by atoms with van der Waals surface area (Å²) in [6.07, 6.45) is 10.6. The summed E-state index contributed by atoms with van der Waals surface area (Å²) in [7, 11) is 0. The Balaban J connectivity index is 2.04. The number of fused-ring (bicyclic) bond motifs is 1. The Bertz CT molecular complexity index is 595. The van der Waals surface area contributed by atoms with E-state index >= 15 is 0 Å². The van der Waals surface area contributed by atoms with E-state index in [1.165, 1.54) is 10.8 Å². The zero-order chi connectivity index (χ0) is 11.7. The molecule has 0 aliphatic carbocycles. The van der Waals surface area contributed by atoms with Crippen LogP contribution in [0.25, 0.3) is 6.08 Å². The van der Waals surface area contributed by atoms with E-state index in [0.29, 0.717) is 0 Å². The molecule has 2 nitrogen and oxygen atoms in total. The van der Waals surface area contributed by atoms with E-state index < -0.39 is 0 Å². The van der Waals surface area contributed by atoms with Crippen LogP contribution < -0.4 is 10.6 Å². The van der Waals surface area contributed by atoms with Gasteiger partial charge in [0.1, 0.15) is 0 Å². The van der Waals surface area contributed by atoms with E-state index in [1.807, 2.05) is 18.2 Å². The third-order valence-electron chi connectivity index (χ3n) is 3.02. The van der Waals surface area contributed by atoms with Crippen LogP contribution in [0.1, 0.15) is 6.92 Å². The first kappa shape index (κ1) is 10.1. The molecule has 3 rings (SSSR count). The summed E-state index contributed by atoms with van der Waals surface area (Å²) in [5.41, 5.74) is 2.22. The Morgan fingerprint density at radius 3 is 2.59 bits per heavy atom. The lowest BCUT2D eigenvalue weighted by Crippen LogP contribution is -2.19.